The first-order valence-electron chi connectivity index (χ1n) is 11.1. The molecule has 1 aromatic heterocycles. The molecule has 3 aromatic carbocycles. The molecule has 0 unspecified atom stereocenters. The average Bonchev–Trinajstić information content (AvgIpc) is 3.39. The van der Waals surface area contributed by atoms with Crippen LogP contribution in [0.4, 0.5) is 5.69 Å². The van der Waals surface area contributed by atoms with Crippen LogP contribution in [0, 0.1) is 0 Å². The summed E-state index contributed by atoms with van der Waals surface area (Å²) < 4.78 is 8.29. The number of carbonyl (C=O) groups excluding carboxylic acids is 1. The molecule has 0 spiro atoms. The molecule has 0 aliphatic carbocycles. The summed E-state index contributed by atoms with van der Waals surface area (Å²) in [7, 11) is 1.68. The Kier molecular flexibility index (Phi) is 6.31. The van der Waals surface area contributed by atoms with Gasteiger partial charge in [-0.15, -0.1) is 5.10 Å². The Morgan fingerprint density at radius 1 is 0.912 bits per heavy atom. The largest absolute Gasteiger partial charge is 0.495 e. The molecule has 0 N–H and O–H groups in total. The Morgan fingerprint density at radius 3 is 2.32 bits per heavy atom. The number of hydrogen-bond acceptors (Lipinski definition) is 5. The monoisotopic (exact) mass is 517 g/mol. The standard InChI is InChI=1S/C26H24BrN5O2/c1-34-25-5-3-2-4-23(25)30-14-16-31(17-15-30)26(33)20-8-12-22(13-9-20)32-24(18-28-29-32)19-6-10-21(27)11-7-19/h2-13,18H,14-17H2,1H3. The minimum atomic E-state index is 0.0398. The SMILES string of the molecule is COc1ccccc1N1CCN(C(=O)c2ccc(-n3nncc3-c3ccc(Br)cc3)cc2)CC1. The topological polar surface area (TPSA) is 63.5 Å². The molecule has 4 aromatic rings. The zero-order valence-electron chi connectivity index (χ0n) is 18.8. The molecule has 8 heteroatoms. The highest BCUT2D eigenvalue weighted by Crippen LogP contribution is 2.29. The summed E-state index contributed by atoms with van der Waals surface area (Å²) in [6.45, 7) is 2.85. The number of ether oxygens (including phenoxy) is 1. The van der Waals surface area contributed by atoms with Gasteiger partial charge >= 0.3 is 0 Å². The number of methoxy groups -OCH3 is 1. The van der Waals surface area contributed by atoms with Crippen LogP contribution in [-0.4, -0.2) is 59.1 Å². The predicted octanol–water partition coefficient (Wildman–Crippen LogP) is 4.67. The maximum absolute atomic E-state index is 13.1. The van der Waals surface area contributed by atoms with E-state index in [2.05, 4.69) is 37.2 Å². The first kappa shape index (κ1) is 22.2. The van der Waals surface area contributed by atoms with Gasteiger partial charge in [0.1, 0.15) is 5.75 Å². The van der Waals surface area contributed by atoms with Crippen LogP contribution in [0.1, 0.15) is 10.4 Å². The molecule has 5 rings (SSSR count). The Morgan fingerprint density at radius 2 is 1.62 bits per heavy atom. The van der Waals surface area contributed by atoms with Gasteiger partial charge in [0.15, 0.2) is 0 Å². The third kappa shape index (κ3) is 4.41. The van der Waals surface area contributed by atoms with Crippen molar-refractivity contribution in [3.05, 3.63) is 89.0 Å². The number of hydrogen-bond donors (Lipinski definition) is 0. The number of halogens is 1. The number of amides is 1. The van der Waals surface area contributed by atoms with Crippen molar-refractivity contribution in [1.82, 2.24) is 19.9 Å². The summed E-state index contributed by atoms with van der Waals surface area (Å²) in [4.78, 5) is 17.3. The van der Waals surface area contributed by atoms with Gasteiger partial charge in [-0.05, 0) is 48.5 Å². The molecule has 0 radical (unpaired) electrons. The lowest BCUT2D eigenvalue weighted by molar-refractivity contribution is 0.0746. The quantitative estimate of drug-likeness (QED) is 0.385. The van der Waals surface area contributed by atoms with Crippen LogP contribution in [0.25, 0.3) is 16.9 Å². The van der Waals surface area contributed by atoms with E-state index in [1.165, 1.54) is 0 Å². The van der Waals surface area contributed by atoms with Gasteiger partial charge in [0.05, 0.1) is 30.4 Å². The van der Waals surface area contributed by atoms with E-state index in [0.29, 0.717) is 18.7 Å². The second-order valence-electron chi connectivity index (χ2n) is 8.04. The zero-order chi connectivity index (χ0) is 23.5. The predicted molar refractivity (Wildman–Crippen MR) is 136 cm³/mol. The Labute approximate surface area is 206 Å². The Hall–Kier alpha value is -3.65. The minimum absolute atomic E-state index is 0.0398. The zero-order valence-corrected chi connectivity index (χ0v) is 20.4. The van der Waals surface area contributed by atoms with Crippen LogP contribution in [0.2, 0.25) is 0 Å². The summed E-state index contributed by atoms with van der Waals surface area (Å²) in [5, 5.41) is 8.33. The van der Waals surface area contributed by atoms with Crippen LogP contribution in [0.3, 0.4) is 0 Å². The van der Waals surface area contributed by atoms with Crippen LogP contribution in [-0.2, 0) is 0 Å². The van der Waals surface area contributed by atoms with E-state index in [4.69, 9.17) is 4.74 Å². The number of aromatic nitrogens is 3. The van der Waals surface area contributed by atoms with Gasteiger partial charge in [-0.25, -0.2) is 4.68 Å². The van der Waals surface area contributed by atoms with Gasteiger partial charge in [0.2, 0.25) is 0 Å². The van der Waals surface area contributed by atoms with Crippen molar-refractivity contribution < 1.29 is 9.53 Å². The number of anilines is 1. The first-order chi connectivity index (χ1) is 16.6. The highest BCUT2D eigenvalue weighted by molar-refractivity contribution is 9.10. The number of carbonyl (C=O) groups is 1. The van der Waals surface area contributed by atoms with E-state index in [0.717, 1.165) is 45.9 Å². The molecular weight excluding hydrogens is 494 g/mol. The fourth-order valence-corrected chi connectivity index (χ4v) is 4.48. The maximum Gasteiger partial charge on any atom is 0.253 e. The van der Waals surface area contributed by atoms with Gasteiger partial charge < -0.3 is 14.5 Å². The smallest absolute Gasteiger partial charge is 0.253 e. The van der Waals surface area contributed by atoms with Crippen molar-refractivity contribution in [3.63, 3.8) is 0 Å². The molecule has 1 saturated heterocycles. The van der Waals surface area contributed by atoms with E-state index >= 15 is 0 Å². The molecule has 34 heavy (non-hydrogen) atoms. The van der Waals surface area contributed by atoms with E-state index < -0.39 is 0 Å². The van der Waals surface area contributed by atoms with Crippen molar-refractivity contribution in [2.24, 2.45) is 0 Å². The molecule has 1 aliphatic heterocycles. The van der Waals surface area contributed by atoms with Crippen molar-refractivity contribution in [1.29, 1.82) is 0 Å². The molecule has 1 amide bonds. The van der Waals surface area contributed by atoms with Crippen LogP contribution < -0.4 is 9.64 Å². The van der Waals surface area contributed by atoms with E-state index in [1.54, 1.807) is 18.0 Å². The molecule has 7 nitrogen and oxygen atoms in total. The number of benzene rings is 3. The summed E-state index contributed by atoms with van der Waals surface area (Å²) in [6, 6.07) is 23.5. The molecule has 0 bridgehead atoms. The van der Waals surface area contributed by atoms with Crippen molar-refractivity contribution in [2.45, 2.75) is 0 Å². The molecule has 0 saturated carbocycles. The highest BCUT2D eigenvalue weighted by atomic mass is 79.9. The molecule has 2 heterocycles. The lowest BCUT2D eigenvalue weighted by atomic mass is 10.1. The highest BCUT2D eigenvalue weighted by Gasteiger charge is 2.24. The lowest BCUT2D eigenvalue weighted by Crippen LogP contribution is -2.48. The fraction of sp³-hybridized carbons (Fsp3) is 0.192. The second kappa shape index (κ2) is 9.69. The fourth-order valence-electron chi connectivity index (χ4n) is 4.21. The molecular formula is C26H24BrN5O2. The van der Waals surface area contributed by atoms with Gasteiger partial charge in [-0.1, -0.05) is 45.4 Å². The summed E-state index contributed by atoms with van der Waals surface area (Å²) in [5.74, 6) is 0.895. The molecule has 1 fully saturated rings. The number of rotatable bonds is 5. The second-order valence-corrected chi connectivity index (χ2v) is 8.95. The van der Waals surface area contributed by atoms with Gasteiger partial charge in [0, 0.05) is 41.8 Å². The minimum Gasteiger partial charge on any atom is -0.495 e. The number of para-hydroxylation sites is 2. The number of nitrogens with zero attached hydrogens (tertiary/aromatic N) is 5. The van der Waals surface area contributed by atoms with Crippen LogP contribution in [0.15, 0.2) is 83.5 Å². The maximum atomic E-state index is 13.1. The van der Waals surface area contributed by atoms with E-state index in [-0.39, 0.29) is 5.91 Å². The molecule has 1 aliphatic rings. The molecule has 172 valence electrons. The Bertz CT molecular complexity index is 1280. The summed E-state index contributed by atoms with van der Waals surface area (Å²) >= 11 is 3.47. The van der Waals surface area contributed by atoms with Crippen molar-refractivity contribution >= 4 is 27.5 Å². The average molecular weight is 518 g/mol. The summed E-state index contributed by atoms with van der Waals surface area (Å²) in [6.07, 6.45) is 1.74. The van der Waals surface area contributed by atoms with Crippen molar-refractivity contribution in [2.75, 3.05) is 38.2 Å². The molecule has 0 atom stereocenters. The van der Waals surface area contributed by atoms with Gasteiger partial charge in [0.25, 0.3) is 5.91 Å². The number of piperazine rings is 1. The Balaban J connectivity index is 1.27. The first-order valence-corrected chi connectivity index (χ1v) is 11.9. The van der Waals surface area contributed by atoms with Crippen LogP contribution in [0.5, 0.6) is 5.75 Å². The van der Waals surface area contributed by atoms with E-state index in [9.17, 15) is 4.79 Å². The van der Waals surface area contributed by atoms with E-state index in [1.807, 2.05) is 71.6 Å². The van der Waals surface area contributed by atoms with Gasteiger partial charge in [-0.3, -0.25) is 4.79 Å². The van der Waals surface area contributed by atoms with Crippen LogP contribution >= 0.6 is 15.9 Å². The van der Waals surface area contributed by atoms with Crippen molar-refractivity contribution in [3.8, 4) is 22.7 Å². The normalized spacial score (nSPS) is 13.7. The lowest BCUT2D eigenvalue weighted by Gasteiger charge is -2.36. The summed E-state index contributed by atoms with van der Waals surface area (Å²) in [5.41, 5.74) is 4.49. The van der Waals surface area contributed by atoms with Gasteiger partial charge in [-0.2, -0.15) is 0 Å². The third-order valence-corrected chi connectivity index (χ3v) is 6.57. The third-order valence-electron chi connectivity index (χ3n) is 6.04.